The minimum Gasteiger partial charge on any atom is -0.352 e. The van der Waals surface area contributed by atoms with E-state index in [-0.39, 0.29) is 5.69 Å². The van der Waals surface area contributed by atoms with E-state index in [2.05, 4.69) is 40.8 Å². The topological polar surface area (TPSA) is 71.2 Å². The van der Waals surface area contributed by atoms with E-state index in [1.54, 1.807) is 23.1 Å². The zero-order valence-electron chi connectivity index (χ0n) is 16.0. The lowest BCUT2D eigenvalue weighted by Crippen LogP contribution is -2.44. The number of aromatic nitrogens is 4. The third kappa shape index (κ3) is 3.15. The summed E-state index contributed by atoms with van der Waals surface area (Å²) in [5.41, 5.74) is 1.33. The van der Waals surface area contributed by atoms with E-state index in [4.69, 9.17) is 9.97 Å². The van der Waals surface area contributed by atoms with Crippen LogP contribution in [0.1, 0.15) is 20.8 Å². The zero-order chi connectivity index (χ0) is 18.7. The second kappa shape index (κ2) is 7.79. The number of hydrogen-bond acceptors (Lipinski definition) is 6. The van der Waals surface area contributed by atoms with Crippen LogP contribution in [0.15, 0.2) is 4.79 Å². The fraction of sp³-hybridized carbons (Fsp3) is 0.611. The molecule has 0 aromatic carbocycles. The summed E-state index contributed by atoms with van der Waals surface area (Å²) >= 11 is 0. The van der Waals surface area contributed by atoms with Gasteiger partial charge >= 0.3 is 5.69 Å². The van der Waals surface area contributed by atoms with Crippen LogP contribution < -0.4 is 20.8 Å². The lowest BCUT2D eigenvalue weighted by atomic mass is 10.3. The minimum atomic E-state index is -0.106. The van der Waals surface area contributed by atoms with Crippen molar-refractivity contribution in [3.8, 4) is 11.8 Å². The van der Waals surface area contributed by atoms with Gasteiger partial charge < -0.3 is 15.1 Å². The lowest BCUT2D eigenvalue weighted by molar-refractivity contribution is 0.584. The summed E-state index contributed by atoms with van der Waals surface area (Å²) in [4.78, 5) is 26.8. The number of imidazole rings is 1. The van der Waals surface area contributed by atoms with Crippen molar-refractivity contribution in [1.29, 1.82) is 0 Å². The highest BCUT2D eigenvalue weighted by atomic mass is 16.1. The summed E-state index contributed by atoms with van der Waals surface area (Å²) in [6, 6.07) is 0. The number of fused-ring (bicyclic) bond motifs is 1. The fourth-order valence-electron chi connectivity index (χ4n) is 3.31. The van der Waals surface area contributed by atoms with Crippen molar-refractivity contribution in [2.24, 2.45) is 7.05 Å². The highest BCUT2D eigenvalue weighted by Crippen LogP contribution is 2.26. The summed E-state index contributed by atoms with van der Waals surface area (Å²) in [5, 5.41) is 3.37. The molecule has 8 nitrogen and oxygen atoms in total. The van der Waals surface area contributed by atoms with Gasteiger partial charge in [0.25, 0.3) is 0 Å². The van der Waals surface area contributed by atoms with E-state index < -0.39 is 0 Å². The van der Waals surface area contributed by atoms with Crippen molar-refractivity contribution in [2.45, 2.75) is 27.3 Å². The van der Waals surface area contributed by atoms with Crippen molar-refractivity contribution in [1.82, 2.24) is 24.4 Å². The fourth-order valence-corrected chi connectivity index (χ4v) is 3.31. The first-order chi connectivity index (χ1) is 12.6. The summed E-state index contributed by atoms with van der Waals surface area (Å²) in [6.45, 7) is 11.4. The Hall–Kier alpha value is -2.53. The largest absolute Gasteiger partial charge is 0.352 e. The molecule has 3 rings (SSSR count). The van der Waals surface area contributed by atoms with Crippen LogP contribution >= 0.6 is 0 Å². The first-order valence-electron chi connectivity index (χ1n) is 9.19. The smallest absolute Gasteiger partial charge is 0.331 e. The average molecular weight is 357 g/mol. The van der Waals surface area contributed by atoms with E-state index in [1.807, 2.05) is 0 Å². The predicted molar refractivity (Wildman–Crippen MR) is 105 cm³/mol. The number of rotatable bonds is 5. The normalized spacial score (nSPS) is 14.4. The quantitative estimate of drug-likeness (QED) is 0.782. The standard InChI is InChI=1S/C18H27N7O/c1-5-8-11-25-14-15(22(4)18(25)26)20-17(23(6-2)7-3)21-16(14)24-12-9-19-10-13-24/h19H,6-7,9-13H2,1-4H3. The molecule has 1 fully saturated rings. The van der Waals surface area contributed by atoms with Gasteiger partial charge in [-0.25, -0.2) is 4.79 Å². The van der Waals surface area contributed by atoms with E-state index in [1.165, 1.54) is 0 Å². The lowest BCUT2D eigenvalue weighted by Gasteiger charge is -2.30. The molecular weight excluding hydrogens is 330 g/mol. The van der Waals surface area contributed by atoms with Crippen LogP contribution in [-0.2, 0) is 13.6 Å². The van der Waals surface area contributed by atoms with Crippen molar-refractivity contribution < 1.29 is 0 Å². The Balaban J connectivity index is 2.28. The Labute approximate surface area is 153 Å². The van der Waals surface area contributed by atoms with Gasteiger partial charge in [0.1, 0.15) is 5.52 Å². The van der Waals surface area contributed by atoms with Gasteiger partial charge in [-0.05, 0) is 20.8 Å². The van der Waals surface area contributed by atoms with Gasteiger partial charge in [0.15, 0.2) is 11.5 Å². The van der Waals surface area contributed by atoms with Crippen LogP contribution in [0.4, 0.5) is 11.8 Å². The van der Waals surface area contributed by atoms with E-state index >= 15 is 0 Å². The molecule has 0 bridgehead atoms. The van der Waals surface area contributed by atoms with Gasteiger partial charge in [-0.15, -0.1) is 5.92 Å². The van der Waals surface area contributed by atoms with Crippen LogP contribution in [0.3, 0.4) is 0 Å². The van der Waals surface area contributed by atoms with Gasteiger partial charge in [-0.1, -0.05) is 5.92 Å². The van der Waals surface area contributed by atoms with Crippen molar-refractivity contribution in [3.63, 3.8) is 0 Å². The number of nitrogens with zero attached hydrogens (tertiary/aromatic N) is 6. The highest BCUT2D eigenvalue weighted by Gasteiger charge is 2.24. The third-order valence-electron chi connectivity index (χ3n) is 4.82. The first kappa shape index (κ1) is 18.3. The minimum absolute atomic E-state index is 0.106. The number of anilines is 2. The van der Waals surface area contributed by atoms with Crippen LogP contribution in [0, 0.1) is 11.8 Å². The Morgan fingerprint density at radius 3 is 2.50 bits per heavy atom. The summed E-state index contributed by atoms with van der Waals surface area (Å²) < 4.78 is 3.29. The van der Waals surface area contributed by atoms with Crippen molar-refractivity contribution in [2.75, 3.05) is 49.1 Å². The molecule has 0 saturated carbocycles. The van der Waals surface area contributed by atoms with Gasteiger partial charge in [0.2, 0.25) is 5.95 Å². The molecule has 8 heteroatoms. The maximum absolute atomic E-state index is 12.8. The molecule has 1 aliphatic heterocycles. The third-order valence-corrected chi connectivity index (χ3v) is 4.82. The number of nitrogens with one attached hydrogen (secondary N) is 1. The molecule has 2 aromatic rings. The van der Waals surface area contributed by atoms with Gasteiger partial charge in [-0.2, -0.15) is 9.97 Å². The molecule has 0 atom stereocenters. The molecular formula is C18H27N7O. The highest BCUT2D eigenvalue weighted by molar-refractivity contribution is 5.86. The Morgan fingerprint density at radius 2 is 1.88 bits per heavy atom. The van der Waals surface area contributed by atoms with E-state index in [0.717, 1.165) is 50.6 Å². The number of piperazine rings is 1. The molecule has 26 heavy (non-hydrogen) atoms. The van der Waals surface area contributed by atoms with Crippen molar-refractivity contribution in [3.05, 3.63) is 10.5 Å². The molecule has 1 N–H and O–H groups in total. The maximum atomic E-state index is 12.8. The zero-order valence-corrected chi connectivity index (χ0v) is 16.0. The Morgan fingerprint density at radius 1 is 1.19 bits per heavy atom. The predicted octanol–water partition coefficient (Wildman–Crippen LogP) is 0.409. The van der Waals surface area contributed by atoms with Gasteiger partial charge in [0, 0.05) is 46.3 Å². The van der Waals surface area contributed by atoms with Crippen LogP contribution in [-0.4, -0.2) is 58.4 Å². The summed E-state index contributed by atoms with van der Waals surface area (Å²) in [6.07, 6.45) is 0. The van der Waals surface area contributed by atoms with Crippen LogP contribution in [0.25, 0.3) is 11.2 Å². The number of hydrogen-bond donors (Lipinski definition) is 1. The molecule has 140 valence electrons. The molecule has 1 aliphatic rings. The molecule has 1 saturated heterocycles. The molecule has 3 heterocycles. The second-order valence-corrected chi connectivity index (χ2v) is 6.28. The SMILES string of the molecule is CC#CCn1c(=O)n(C)c2nc(N(CC)CC)nc(N3CCNCC3)c21. The molecule has 2 aromatic heterocycles. The van der Waals surface area contributed by atoms with Gasteiger partial charge in [-0.3, -0.25) is 9.13 Å². The summed E-state index contributed by atoms with van der Waals surface area (Å²) in [5.74, 6) is 7.38. The van der Waals surface area contributed by atoms with Crippen LogP contribution in [0.2, 0.25) is 0 Å². The molecule has 0 amide bonds. The van der Waals surface area contributed by atoms with Gasteiger partial charge in [0.05, 0.1) is 6.54 Å². The van der Waals surface area contributed by atoms with Crippen LogP contribution in [0.5, 0.6) is 0 Å². The Kier molecular flexibility index (Phi) is 5.47. The van der Waals surface area contributed by atoms with E-state index in [9.17, 15) is 4.79 Å². The monoisotopic (exact) mass is 357 g/mol. The molecule has 0 aliphatic carbocycles. The number of aryl methyl sites for hydroxylation is 1. The summed E-state index contributed by atoms with van der Waals surface area (Å²) in [7, 11) is 1.76. The Bertz CT molecular complexity index is 892. The molecule has 0 unspecified atom stereocenters. The second-order valence-electron chi connectivity index (χ2n) is 6.28. The molecule has 0 radical (unpaired) electrons. The molecule has 0 spiro atoms. The van der Waals surface area contributed by atoms with E-state index in [0.29, 0.717) is 18.1 Å². The average Bonchev–Trinajstić information content (AvgIpc) is 2.92. The van der Waals surface area contributed by atoms with Crippen molar-refractivity contribution >= 4 is 22.9 Å². The first-order valence-corrected chi connectivity index (χ1v) is 9.19. The maximum Gasteiger partial charge on any atom is 0.331 e.